The Morgan fingerprint density at radius 2 is 2.19 bits per heavy atom. The van der Waals surface area contributed by atoms with Gasteiger partial charge in [-0.05, 0) is 30.2 Å². The molecule has 110 valence electrons. The fourth-order valence-corrected chi connectivity index (χ4v) is 3.01. The highest BCUT2D eigenvalue weighted by molar-refractivity contribution is 7.92. The molecule has 0 atom stereocenters. The molecule has 0 aliphatic rings. The predicted molar refractivity (Wildman–Crippen MR) is 77.2 cm³/mol. The second-order valence-corrected chi connectivity index (χ2v) is 5.94. The molecule has 0 bridgehead atoms. The molecule has 2 rings (SSSR count). The summed E-state index contributed by atoms with van der Waals surface area (Å²) in [4.78, 5) is 10.6. The third kappa shape index (κ3) is 3.69. The lowest BCUT2D eigenvalue weighted by atomic mass is 10.1. The van der Waals surface area contributed by atoms with Crippen LogP contribution in [0.25, 0.3) is 6.08 Å². The molecule has 0 saturated carbocycles. The molecule has 0 spiro atoms. The Morgan fingerprint density at radius 3 is 2.81 bits per heavy atom. The van der Waals surface area contributed by atoms with Gasteiger partial charge in [-0.1, -0.05) is 12.1 Å². The monoisotopic (exact) mass is 307 g/mol. The molecule has 8 heteroatoms. The van der Waals surface area contributed by atoms with E-state index in [4.69, 9.17) is 5.11 Å². The number of nitrogens with zero attached hydrogens (tertiary/aromatic N) is 1. The van der Waals surface area contributed by atoms with Gasteiger partial charge in [0.25, 0.3) is 10.0 Å². The van der Waals surface area contributed by atoms with Crippen LogP contribution in [0.3, 0.4) is 0 Å². The number of aliphatic carboxylic acids is 1. The summed E-state index contributed by atoms with van der Waals surface area (Å²) in [5, 5.41) is 14.8. The van der Waals surface area contributed by atoms with Crippen LogP contribution < -0.4 is 4.72 Å². The van der Waals surface area contributed by atoms with Crippen LogP contribution in [-0.4, -0.2) is 29.7 Å². The topological polar surface area (TPSA) is 112 Å². The van der Waals surface area contributed by atoms with Crippen LogP contribution in [0.15, 0.2) is 41.6 Å². The summed E-state index contributed by atoms with van der Waals surface area (Å²) in [6.45, 7) is 1.66. The molecule has 3 N–H and O–H groups in total. The van der Waals surface area contributed by atoms with Gasteiger partial charge >= 0.3 is 5.97 Å². The van der Waals surface area contributed by atoms with Crippen LogP contribution >= 0.6 is 0 Å². The van der Waals surface area contributed by atoms with E-state index in [1.165, 1.54) is 24.5 Å². The van der Waals surface area contributed by atoms with E-state index in [9.17, 15) is 13.2 Å². The number of carboxylic acids is 1. The van der Waals surface area contributed by atoms with Crippen LogP contribution in [-0.2, 0) is 14.8 Å². The van der Waals surface area contributed by atoms with Crippen LogP contribution in [0.4, 0.5) is 5.69 Å². The molecule has 0 aliphatic heterocycles. The summed E-state index contributed by atoms with van der Waals surface area (Å²) >= 11 is 0. The van der Waals surface area contributed by atoms with E-state index in [-0.39, 0.29) is 4.90 Å². The SMILES string of the molecule is Cc1ccc(C=CC(=O)O)cc1S(=O)(=O)Nc1cn[nH]c1. The summed E-state index contributed by atoms with van der Waals surface area (Å²) in [7, 11) is -3.77. The highest BCUT2D eigenvalue weighted by Gasteiger charge is 2.17. The normalized spacial score (nSPS) is 11.7. The molecule has 0 fully saturated rings. The molecule has 7 nitrogen and oxygen atoms in total. The third-order valence-electron chi connectivity index (χ3n) is 2.67. The Bertz CT molecular complexity index is 780. The molecule has 21 heavy (non-hydrogen) atoms. The van der Waals surface area contributed by atoms with Crippen molar-refractivity contribution < 1.29 is 18.3 Å². The zero-order chi connectivity index (χ0) is 15.5. The molecular formula is C13H13N3O4S. The largest absolute Gasteiger partial charge is 0.478 e. The zero-order valence-corrected chi connectivity index (χ0v) is 11.9. The van der Waals surface area contributed by atoms with E-state index in [0.29, 0.717) is 16.8 Å². The number of rotatable bonds is 5. The van der Waals surface area contributed by atoms with Crippen molar-refractivity contribution in [3.63, 3.8) is 0 Å². The van der Waals surface area contributed by atoms with Crippen molar-refractivity contribution in [1.29, 1.82) is 0 Å². The van der Waals surface area contributed by atoms with Crippen molar-refractivity contribution >= 4 is 27.8 Å². The van der Waals surface area contributed by atoms with Gasteiger partial charge in [0.1, 0.15) is 0 Å². The molecule has 1 aromatic carbocycles. The van der Waals surface area contributed by atoms with Gasteiger partial charge in [-0.3, -0.25) is 9.82 Å². The summed E-state index contributed by atoms with van der Waals surface area (Å²) in [6.07, 6.45) is 5.05. The highest BCUT2D eigenvalue weighted by atomic mass is 32.2. The highest BCUT2D eigenvalue weighted by Crippen LogP contribution is 2.20. The number of nitrogens with one attached hydrogen (secondary N) is 2. The molecule has 0 amide bonds. The minimum absolute atomic E-state index is 0.0799. The number of anilines is 1. The van der Waals surface area contributed by atoms with Crippen molar-refractivity contribution in [2.24, 2.45) is 0 Å². The summed E-state index contributed by atoms with van der Waals surface area (Å²) in [6, 6.07) is 4.67. The standard InChI is InChI=1S/C13H13N3O4S/c1-9-2-3-10(4-5-13(17)18)6-12(9)21(19,20)16-11-7-14-15-8-11/h2-8,16H,1H3,(H,14,15)(H,17,18). The maximum atomic E-state index is 12.3. The molecule has 1 heterocycles. The Balaban J connectivity index is 2.38. The Kier molecular flexibility index (Phi) is 4.08. The lowest BCUT2D eigenvalue weighted by Gasteiger charge is -2.09. The predicted octanol–water partition coefficient (Wildman–Crippen LogP) is 1.62. The third-order valence-corrected chi connectivity index (χ3v) is 4.19. The minimum atomic E-state index is -3.77. The number of hydrogen-bond donors (Lipinski definition) is 3. The van der Waals surface area contributed by atoms with E-state index < -0.39 is 16.0 Å². The van der Waals surface area contributed by atoms with E-state index in [1.807, 2.05) is 0 Å². The number of sulfonamides is 1. The van der Waals surface area contributed by atoms with E-state index in [2.05, 4.69) is 14.9 Å². The summed E-state index contributed by atoms with van der Waals surface area (Å²) < 4.78 is 27.0. The van der Waals surface area contributed by atoms with Crippen molar-refractivity contribution in [3.8, 4) is 0 Å². The van der Waals surface area contributed by atoms with Gasteiger partial charge in [0.15, 0.2) is 0 Å². The lowest BCUT2D eigenvalue weighted by Crippen LogP contribution is -2.14. The van der Waals surface area contributed by atoms with E-state index in [1.54, 1.807) is 19.1 Å². The van der Waals surface area contributed by atoms with Gasteiger partial charge < -0.3 is 5.11 Å². The molecule has 0 unspecified atom stereocenters. The number of aromatic amines is 1. The second-order valence-electron chi connectivity index (χ2n) is 4.29. The number of aryl methyl sites for hydroxylation is 1. The number of hydrogen-bond acceptors (Lipinski definition) is 4. The van der Waals surface area contributed by atoms with Gasteiger partial charge in [-0.25, -0.2) is 13.2 Å². The number of benzene rings is 1. The fourth-order valence-electron chi connectivity index (χ4n) is 1.69. The molecule has 2 aromatic rings. The van der Waals surface area contributed by atoms with Crippen LogP contribution in [0.5, 0.6) is 0 Å². The number of aromatic nitrogens is 2. The first kappa shape index (κ1) is 14.8. The van der Waals surface area contributed by atoms with Crippen molar-refractivity contribution in [3.05, 3.63) is 47.8 Å². The average molecular weight is 307 g/mol. The molecule has 1 aromatic heterocycles. The fraction of sp³-hybridized carbons (Fsp3) is 0.0769. The van der Waals surface area contributed by atoms with Gasteiger partial charge in [0.05, 0.1) is 16.8 Å². The van der Waals surface area contributed by atoms with Crippen molar-refractivity contribution in [1.82, 2.24) is 10.2 Å². The molecule has 0 radical (unpaired) electrons. The average Bonchev–Trinajstić information content (AvgIpc) is 2.89. The summed E-state index contributed by atoms with van der Waals surface area (Å²) in [5.41, 5.74) is 1.36. The van der Waals surface area contributed by atoms with Crippen molar-refractivity contribution in [2.75, 3.05) is 4.72 Å². The number of carbonyl (C=O) groups is 1. The number of H-pyrrole nitrogens is 1. The van der Waals surface area contributed by atoms with Gasteiger partial charge in [0.2, 0.25) is 0 Å². The smallest absolute Gasteiger partial charge is 0.328 e. The first-order valence-corrected chi connectivity index (χ1v) is 7.40. The van der Waals surface area contributed by atoms with E-state index in [0.717, 1.165) is 6.08 Å². The van der Waals surface area contributed by atoms with Crippen molar-refractivity contribution in [2.45, 2.75) is 11.8 Å². The zero-order valence-electron chi connectivity index (χ0n) is 11.1. The Morgan fingerprint density at radius 1 is 1.43 bits per heavy atom. The number of carboxylic acid groups (broad SMARTS) is 1. The molecular weight excluding hydrogens is 294 g/mol. The van der Waals surface area contributed by atoms with Crippen LogP contribution in [0, 0.1) is 6.92 Å². The second kappa shape index (κ2) is 5.80. The maximum absolute atomic E-state index is 12.3. The lowest BCUT2D eigenvalue weighted by molar-refractivity contribution is -0.131. The first-order chi connectivity index (χ1) is 9.88. The summed E-state index contributed by atoms with van der Waals surface area (Å²) in [5.74, 6) is -1.10. The van der Waals surface area contributed by atoms with Crippen LogP contribution in [0.2, 0.25) is 0 Å². The minimum Gasteiger partial charge on any atom is -0.478 e. The Hall–Kier alpha value is -2.61. The quantitative estimate of drug-likeness (QED) is 0.727. The van der Waals surface area contributed by atoms with Gasteiger partial charge in [-0.2, -0.15) is 5.10 Å². The van der Waals surface area contributed by atoms with Gasteiger partial charge in [-0.15, -0.1) is 0 Å². The Labute approximate surface area is 121 Å². The molecule has 0 saturated heterocycles. The first-order valence-electron chi connectivity index (χ1n) is 5.92. The van der Waals surface area contributed by atoms with Gasteiger partial charge in [0, 0.05) is 12.3 Å². The maximum Gasteiger partial charge on any atom is 0.328 e. The molecule has 0 aliphatic carbocycles. The van der Waals surface area contributed by atoms with Crippen LogP contribution in [0.1, 0.15) is 11.1 Å². The van der Waals surface area contributed by atoms with E-state index >= 15 is 0 Å².